The Balaban J connectivity index is 2.67. The van der Waals surface area contributed by atoms with Crippen LogP contribution in [0.2, 0.25) is 0 Å². The SMILES string of the molecule is CC(=O)c1ccc2c(c1)CC(C)(C)C(C)(C)C2(C)C. The van der Waals surface area contributed by atoms with Gasteiger partial charge in [0.2, 0.25) is 0 Å². The minimum absolute atomic E-state index is 0.111. The van der Waals surface area contributed by atoms with Crippen LogP contribution >= 0.6 is 0 Å². The van der Waals surface area contributed by atoms with Crippen LogP contribution in [0, 0.1) is 10.8 Å². The van der Waals surface area contributed by atoms with Crippen molar-refractivity contribution in [1.29, 1.82) is 0 Å². The van der Waals surface area contributed by atoms with E-state index in [0.29, 0.717) is 0 Å². The molecule has 0 saturated heterocycles. The Kier molecular flexibility index (Phi) is 2.97. The Labute approximate surface area is 117 Å². The molecule has 0 atom stereocenters. The van der Waals surface area contributed by atoms with Crippen LogP contribution in [0.25, 0.3) is 0 Å². The third-order valence-corrected chi connectivity index (χ3v) is 6.07. The first-order valence-electron chi connectivity index (χ1n) is 7.15. The van der Waals surface area contributed by atoms with Crippen LogP contribution in [0.1, 0.15) is 70.0 Å². The molecule has 0 heterocycles. The molecule has 0 amide bonds. The van der Waals surface area contributed by atoms with Crippen molar-refractivity contribution < 1.29 is 4.79 Å². The Morgan fingerprint density at radius 1 is 1.05 bits per heavy atom. The van der Waals surface area contributed by atoms with Crippen molar-refractivity contribution in [2.75, 3.05) is 0 Å². The first kappa shape index (κ1) is 14.3. The summed E-state index contributed by atoms with van der Waals surface area (Å²) in [6.07, 6.45) is 1.04. The summed E-state index contributed by atoms with van der Waals surface area (Å²) in [6, 6.07) is 6.26. The summed E-state index contributed by atoms with van der Waals surface area (Å²) in [5.41, 5.74) is 4.14. The van der Waals surface area contributed by atoms with Gasteiger partial charge in [-0.1, -0.05) is 53.7 Å². The summed E-state index contributed by atoms with van der Waals surface area (Å²) in [5, 5.41) is 0. The topological polar surface area (TPSA) is 17.1 Å². The van der Waals surface area contributed by atoms with E-state index in [2.05, 4.69) is 53.7 Å². The fourth-order valence-electron chi connectivity index (χ4n) is 3.45. The molecule has 1 aliphatic carbocycles. The summed E-state index contributed by atoms with van der Waals surface area (Å²) < 4.78 is 0. The number of hydrogen-bond acceptors (Lipinski definition) is 1. The van der Waals surface area contributed by atoms with E-state index in [1.54, 1.807) is 6.92 Å². The van der Waals surface area contributed by atoms with E-state index in [0.717, 1.165) is 12.0 Å². The highest BCUT2D eigenvalue weighted by Gasteiger charge is 2.52. The standard InChI is InChI=1S/C18H26O/c1-12(19)13-8-9-15-14(10-13)11-16(2,3)18(6,7)17(15,4)5/h8-10H,11H2,1-7H3. The molecule has 19 heavy (non-hydrogen) atoms. The fraction of sp³-hybridized carbons (Fsp3) is 0.611. The summed E-state index contributed by atoms with van der Waals surface area (Å²) in [7, 11) is 0. The van der Waals surface area contributed by atoms with Crippen LogP contribution in [0.5, 0.6) is 0 Å². The van der Waals surface area contributed by atoms with Crippen LogP contribution in [0.15, 0.2) is 18.2 Å². The number of carbonyl (C=O) groups is 1. The third kappa shape index (κ3) is 1.86. The smallest absolute Gasteiger partial charge is 0.159 e. The lowest BCUT2D eigenvalue weighted by atomic mass is 9.47. The van der Waals surface area contributed by atoms with Gasteiger partial charge in [0.05, 0.1) is 0 Å². The Morgan fingerprint density at radius 3 is 2.16 bits per heavy atom. The molecule has 0 spiro atoms. The van der Waals surface area contributed by atoms with Gasteiger partial charge in [-0.3, -0.25) is 4.79 Å². The highest BCUT2D eigenvalue weighted by molar-refractivity contribution is 5.94. The Bertz CT molecular complexity index is 533. The predicted octanol–water partition coefficient (Wildman–Crippen LogP) is 4.78. The van der Waals surface area contributed by atoms with Gasteiger partial charge in [-0.05, 0) is 46.8 Å². The number of ketones is 1. The van der Waals surface area contributed by atoms with Crippen molar-refractivity contribution in [1.82, 2.24) is 0 Å². The maximum absolute atomic E-state index is 11.6. The maximum atomic E-state index is 11.6. The average molecular weight is 258 g/mol. The van der Waals surface area contributed by atoms with E-state index < -0.39 is 0 Å². The molecule has 1 nitrogen and oxygen atoms in total. The van der Waals surface area contributed by atoms with Gasteiger partial charge in [-0.25, -0.2) is 0 Å². The first-order chi connectivity index (χ1) is 8.50. The van der Waals surface area contributed by atoms with E-state index in [-0.39, 0.29) is 22.0 Å². The number of carbonyl (C=O) groups excluding carboxylic acids is 1. The van der Waals surface area contributed by atoms with Crippen LogP contribution in [-0.4, -0.2) is 5.78 Å². The molecule has 0 aliphatic heterocycles. The molecule has 2 rings (SSSR count). The number of benzene rings is 1. The molecule has 1 aromatic carbocycles. The van der Waals surface area contributed by atoms with Gasteiger partial charge in [0, 0.05) is 5.56 Å². The Morgan fingerprint density at radius 2 is 1.63 bits per heavy atom. The van der Waals surface area contributed by atoms with Gasteiger partial charge in [-0.15, -0.1) is 0 Å². The van der Waals surface area contributed by atoms with Crippen LogP contribution < -0.4 is 0 Å². The molecule has 1 aliphatic rings. The van der Waals surface area contributed by atoms with Gasteiger partial charge >= 0.3 is 0 Å². The van der Waals surface area contributed by atoms with Crippen molar-refractivity contribution in [2.24, 2.45) is 10.8 Å². The van der Waals surface area contributed by atoms with Crippen molar-refractivity contribution in [3.05, 3.63) is 34.9 Å². The number of rotatable bonds is 1. The number of Topliss-reactive ketones (excluding diaryl/α,β-unsaturated/α-hetero) is 1. The van der Waals surface area contributed by atoms with Crippen molar-refractivity contribution in [3.63, 3.8) is 0 Å². The third-order valence-electron chi connectivity index (χ3n) is 6.07. The molecule has 0 N–H and O–H groups in total. The highest BCUT2D eigenvalue weighted by Crippen LogP contribution is 2.58. The second-order valence-corrected chi connectivity index (χ2v) is 7.74. The second kappa shape index (κ2) is 3.94. The molecule has 0 unspecified atom stereocenters. The normalized spacial score (nSPS) is 22.7. The van der Waals surface area contributed by atoms with Crippen molar-refractivity contribution in [2.45, 2.75) is 60.3 Å². The summed E-state index contributed by atoms with van der Waals surface area (Å²) in [5.74, 6) is 0.156. The highest BCUT2D eigenvalue weighted by atomic mass is 16.1. The zero-order chi connectivity index (χ0) is 14.6. The molecule has 104 valence electrons. The second-order valence-electron chi connectivity index (χ2n) is 7.74. The lowest BCUT2D eigenvalue weighted by Gasteiger charge is -2.57. The van der Waals surface area contributed by atoms with Gasteiger partial charge in [-0.2, -0.15) is 0 Å². The predicted molar refractivity (Wildman–Crippen MR) is 80.7 cm³/mol. The number of fused-ring (bicyclic) bond motifs is 1. The van der Waals surface area contributed by atoms with Gasteiger partial charge in [0.1, 0.15) is 0 Å². The monoisotopic (exact) mass is 258 g/mol. The largest absolute Gasteiger partial charge is 0.295 e. The molecular weight excluding hydrogens is 232 g/mol. The van der Waals surface area contributed by atoms with Gasteiger partial charge in [0.15, 0.2) is 5.78 Å². The first-order valence-corrected chi connectivity index (χ1v) is 7.15. The summed E-state index contributed by atoms with van der Waals surface area (Å²) in [4.78, 5) is 11.6. The molecule has 0 fully saturated rings. The van der Waals surface area contributed by atoms with Crippen LogP contribution in [0.4, 0.5) is 0 Å². The minimum atomic E-state index is 0.111. The average Bonchev–Trinajstić information content (AvgIpc) is 2.26. The van der Waals surface area contributed by atoms with E-state index >= 15 is 0 Å². The van der Waals surface area contributed by atoms with Crippen LogP contribution in [-0.2, 0) is 11.8 Å². The van der Waals surface area contributed by atoms with Gasteiger partial charge in [0.25, 0.3) is 0 Å². The molecule has 0 aromatic heterocycles. The van der Waals surface area contributed by atoms with E-state index in [9.17, 15) is 4.79 Å². The Hall–Kier alpha value is -1.11. The van der Waals surface area contributed by atoms with Crippen molar-refractivity contribution in [3.8, 4) is 0 Å². The van der Waals surface area contributed by atoms with Crippen molar-refractivity contribution >= 4 is 5.78 Å². The molecule has 1 heteroatoms. The van der Waals surface area contributed by atoms with E-state index in [4.69, 9.17) is 0 Å². The lowest BCUT2D eigenvalue weighted by molar-refractivity contribution is 0.0154. The van der Waals surface area contributed by atoms with E-state index in [1.165, 1.54) is 11.1 Å². The molecule has 1 aromatic rings. The van der Waals surface area contributed by atoms with Crippen LogP contribution in [0.3, 0.4) is 0 Å². The summed E-state index contributed by atoms with van der Waals surface area (Å²) in [6.45, 7) is 15.7. The lowest BCUT2D eigenvalue weighted by Crippen LogP contribution is -2.52. The molecule has 0 saturated carbocycles. The fourth-order valence-corrected chi connectivity index (χ4v) is 3.45. The molecule has 0 radical (unpaired) electrons. The zero-order valence-corrected chi connectivity index (χ0v) is 13.3. The minimum Gasteiger partial charge on any atom is -0.295 e. The maximum Gasteiger partial charge on any atom is 0.159 e. The molecular formula is C18H26O. The quantitative estimate of drug-likeness (QED) is 0.663. The van der Waals surface area contributed by atoms with Gasteiger partial charge < -0.3 is 0 Å². The summed E-state index contributed by atoms with van der Waals surface area (Å²) >= 11 is 0. The number of hydrogen-bond donors (Lipinski definition) is 0. The molecule has 0 bridgehead atoms. The zero-order valence-electron chi connectivity index (χ0n) is 13.3. The van der Waals surface area contributed by atoms with E-state index in [1.807, 2.05) is 6.07 Å².